The molecule has 3 N–H and O–H groups in total. The van der Waals surface area contributed by atoms with Gasteiger partial charge in [-0.1, -0.05) is 48.9 Å². The van der Waals surface area contributed by atoms with Crippen molar-refractivity contribution in [3.05, 3.63) is 65.2 Å². The molecule has 10 nitrogen and oxygen atoms in total. The standard InChI is InChI=1S/C33H47N3O7/c1-9-33(7,8)36(28(24-13-11-12-22(3)20-24)29(39)34-19-18-27(38)42-10-2)30(40)26(35-31(41)43-32(4,5)6)21-23-14-16-25(37)17-15-23/h11-17,20,26,28,37H,9-10,18-19,21H2,1-8H3,(H,34,39)(H,35,41). The van der Waals surface area contributed by atoms with Gasteiger partial charge in [-0.05, 0) is 78.1 Å². The second-order valence-corrected chi connectivity index (χ2v) is 12.1. The summed E-state index contributed by atoms with van der Waals surface area (Å²) in [6.45, 7) is 14.7. The van der Waals surface area contributed by atoms with Crippen LogP contribution in [0.2, 0.25) is 0 Å². The summed E-state index contributed by atoms with van der Waals surface area (Å²) in [5.74, 6) is -1.32. The number of esters is 1. The summed E-state index contributed by atoms with van der Waals surface area (Å²) in [6, 6.07) is 11.5. The molecule has 10 heteroatoms. The second-order valence-electron chi connectivity index (χ2n) is 12.1. The zero-order valence-corrected chi connectivity index (χ0v) is 26.7. The molecule has 0 fully saturated rings. The molecule has 2 unspecified atom stereocenters. The van der Waals surface area contributed by atoms with Gasteiger partial charge in [-0.2, -0.15) is 0 Å². The van der Waals surface area contributed by atoms with E-state index in [2.05, 4.69) is 10.6 Å². The lowest BCUT2D eigenvalue weighted by atomic mass is 9.90. The highest BCUT2D eigenvalue weighted by molar-refractivity contribution is 5.93. The number of carbonyl (C=O) groups excluding carboxylic acids is 4. The van der Waals surface area contributed by atoms with Crippen LogP contribution in [0, 0.1) is 6.92 Å². The zero-order valence-electron chi connectivity index (χ0n) is 26.7. The average Bonchev–Trinajstić information content (AvgIpc) is 2.91. The van der Waals surface area contributed by atoms with E-state index < -0.39 is 47.1 Å². The summed E-state index contributed by atoms with van der Waals surface area (Å²) in [5, 5.41) is 15.3. The molecule has 0 aliphatic carbocycles. The quantitative estimate of drug-likeness (QED) is 0.278. The van der Waals surface area contributed by atoms with Gasteiger partial charge in [-0.25, -0.2) is 4.79 Å². The van der Waals surface area contributed by atoms with Gasteiger partial charge >= 0.3 is 12.1 Å². The summed E-state index contributed by atoms with van der Waals surface area (Å²) in [5.41, 5.74) is 0.529. The minimum absolute atomic E-state index is 0.0189. The molecule has 0 aliphatic rings. The SMILES string of the molecule is CCOC(=O)CCNC(=O)C(c1cccc(C)c1)N(C(=O)C(Cc1ccc(O)cc1)NC(=O)OC(C)(C)C)C(C)(C)CC. The Morgan fingerprint density at radius 1 is 0.977 bits per heavy atom. The highest BCUT2D eigenvalue weighted by Crippen LogP contribution is 2.33. The Kier molecular flexibility index (Phi) is 12.6. The number of nitrogens with one attached hydrogen (secondary N) is 2. The number of carbonyl (C=O) groups is 4. The number of phenols is 1. The Morgan fingerprint density at radius 3 is 2.19 bits per heavy atom. The van der Waals surface area contributed by atoms with Crippen molar-refractivity contribution in [1.29, 1.82) is 0 Å². The molecule has 0 aliphatic heterocycles. The van der Waals surface area contributed by atoms with E-state index in [1.807, 2.05) is 45.9 Å². The van der Waals surface area contributed by atoms with Gasteiger partial charge in [0.1, 0.15) is 23.4 Å². The first-order valence-electron chi connectivity index (χ1n) is 14.7. The molecule has 0 heterocycles. The van der Waals surface area contributed by atoms with Crippen LogP contribution < -0.4 is 10.6 Å². The molecule has 0 saturated heterocycles. The van der Waals surface area contributed by atoms with Crippen molar-refractivity contribution < 1.29 is 33.8 Å². The molecule has 0 saturated carbocycles. The van der Waals surface area contributed by atoms with E-state index in [9.17, 15) is 24.3 Å². The van der Waals surface area contributed by atoms with Crippen molar-refractivity contribution in [3.63, 3.8) is 0 Å². The molecule has 2 aromatic carbocycles. The van der Waals surface area contributed by atoms with E-state index in [1.165, 1.54) is 17.0 Å². The normalized spacial score (nSPS) is 12.9. The molecule has 2 aromatic rings. The molecular weight excluding hydrogens is 550 g/mol. The summed E-state index contributed by atoms with van der Waals surface area (Å²) < 4.78 is 10.5. The zero-order chi connectivity index (χ0) is 32.4. The first-order chi connectivity index (χ1) is 20.1. The van der Waals surface area contributed by atoms with Gasteiger partial charge in [0.05, 0.1) is 13.0 Å². The van der Waals surface area contributed by atoms with Crippen LogP contribution in [0.5, 0.6) is 5.75 Å². The molecular formula is C33H47N3O7. The summed E-state index contributed by atoms with van der Waals surface area (Å²) >= 11 is 0. The fraction of sp³-hybridized carbons (Fsp3) is 0.515. The van der Waals surface area contributed by atoms with Crippen molar-refractivity contribution in [2.75, 3.05) is 13.2 Å². The number of amides is 3. The van der Waals surface area contributed by atoms with Crippen molar-refractivity contribution in [2.45, 2.75) is 97.9 Å². The van der Waals surface area contributed by atoms with Gasteiger partial charge in [-0.15, -0.1) is 0 Å². The number of hydrogen-bond donors (Lipinski definition) is 3. The first kappa shape index (κ1) is 35.1. The predicted molar refractivity (Wildman–Crippen MR) is 164 cm³/mol. The van der Waals surface area contributed by atoms with Crippen molar-refractivity contribution in [1.82, 2.24) is 15.5 Å². The van der Waals surface area contributed by atoms with E-state index in [1.54, 1.807) is 45.9 Å². The minimum atomic E-state index is -1.11. The molecule has 0 spiro atoms. The fourth-order valence-corrected chi connectivity index (χ4v) is 4.51. The third-order valence-corrected chi connectivity index (χ3v) is 6.92. The van der Waals surface area contributed by atoms with Crippen LogP contribution in [0.3, 0.4) is 0 Å². The largest absolute Gasteiger partial charge is 0.508 e. The topological polar surface area (TPSA) is 134 Å². The van der Waals surface area contributed by atoms with Crippen LogP contribution in [0.1, 0.15) is 84.0 Å². The van der Waals surface area contributed by atoms with Gasteiger partial charge in [0, 0.05) is 18.5 Å². The summed E-state index contributed by atoms with van der Waals surface area (Å²) in [6.07, 6.45) is -0.214. The molecule has 0 aromatic heterocycles. The van der Waals surface area contributed by atoms with Crippen molar-refractivity contribution in [3.8, 4) is 5.75 Å². The number of phenolic OH excluding ortho intramolecular Hbond substituents is 1. The molecule has 2 atom stereocenters. The lowest BCUT2D eigenvalue weighted by Crippen LogP contribution is -2.60. The number of alkyl carbamates (subject to hydrolysis) is 1. The maximum Gasteiger partial charge on any atom is 0.408 e. The number of nitrogens with zero attached hydrogens (tertiary/aromatic N) is 1. The third kappa shape index (κ3) is 10.9. The smallest absolute Gasteiger partial charge is 0.408 e. The number of rotatable bonds is 13. The number of hydrogen-bond acceptors (Lipinski definition) is 7. The Hall–Kier alpha value is -4.08. The summed E-state index contributed by atoms with van der Waals surface area (Å²) in [4.78, 5) is 55.0. The van der Waals surface area contributed by atoms with E-state index in [0.717, 1.165) is 5.56 Å². The molecule has 236 valence electrons. The Balaban J connectivity index is 2.60. The van der Waals surface area contributed by atoms with Crippen molar-refractivity contribution >= 4 is 23.9 Å². The number of benzene rings is 2. The van der Waals surface area contributed by atoms with Gasteiger partial charge < -0.3 is 30.1 Å². The highest BCUT2D eigenvalue weighted by Gasteiger charge is 2.43. The maximum absolute atomic E-state index is 14.6. The van der Waals surface area contributed by atoms with Crippen molar-refractivity contribution in [2.24, 2.45) is 0 Å². The van der Waals surface area contributed by atoms with Crippen LogP contribution >= 0.6 is 0 Å². The van der Waals surface area contributed by atoms with E-state index in [0.29, 0.717) is 17.5 Å². The molecule has 3 amide bonds. The Morgan fingerprint density at radius 2 is 1.63 bits per heavy atom. The fourth-order valence-electron chi connectivity index (χ4n) is 4.51. The van der Waals surface area contributed by atoms with Crippen LogP contribution in [-0.4, -0.2) is 64.2 Å². The minimum Gasteiger partial charge on any atom is -0.508 e. The highest BCUT2D eigenvalue weighted by atomic mass is 16.6. The van der Waals surface area contributed by atoms with Gasteiger partial charge in [0.2, 0.25) is 11.8 Å². The van der Waals surface area contributed by atoms with Gasteiger partial charge in [-0.3, -0.25) is 14.4 Å². The van der Waals surface area contributed by atoms with E-state index in [-0.39, 0.29) is 31.7 Å². The molecule has 43 heavy (non-hydrogen) atoms. The van der Waals surface area contributed by atoms with E-state index in [4.69, 9.17) is 9.47 Å². The van der Waals surface area contributed by atoms with Gasteiger partial charge in [0.15, 0.2) is 0 Å². The van der Waals surface area contributed by atoms with Crippen LogP contribution in [-0.2, 0) is 30.3 Å². The molecule has 0 bridgehead atoms. The lowest BCUT2D eigenvalue weighted by molar-refractivity contribution is -0.149. The second kappa shape index (κ2) is 15.4. The molecule has 0 radical (unpaired) electrons. The first-order valence-corrected chi connectivity index (χ1v) is 14.7. The average molecular weight is 598 g/mol. The molecule has 2 rings (SSSR count). The third-order valence-electron chi connectivity index (χ3n) is 6.92. The Labute approximate surface area is 255 Å². The Bertz CT molecular complexity index is 1250. The summed E-state index contributed by atoms with van der Waals surface area (Å²) in [7, 11) is 0. The number of aryl methyl sites for hydroxylation is 1. The number of ether oxygens (including phenoxy) is 2. The number of aromatic hydroxyl groups is 1. The van der Waals surface area contributed by atoms with Crippen LogP contribution in [0.15, 0.2) is 48.5 Å². The lowest BCUT2D eigenvalue weighted by Gasteiger charge is -2.44. The maximum atomic E-state index is 14.6. The van der Waals surface area contributed by atoms with E-state index >= 15 is 0 Å². The monoisotopic (exact) mass is 597 g/mol. The van der Waals surface area contributed by atoms with Crippen LogP contribution in [0.4, 0.5) is 4.79 Å². The van der Waals surface area contributed by atoms with Gasteiger partial charge in [0.25, 0.3) is 0 Å². The van der Waals surface area contributed by atoms with Crippen LogP contribution in [0.25, 0.3) is 0 Å². The predicted octanol–water partition coefficient (Wildman–Crippen LogP) is 4.96.